The van der Waals surface area contributed by atoms with Crippen molar-refractivity contribution in [3.8, 4) is 0 Å². The molecule has 1 aromatic heterocycles. The third-order valence-corrected chi connectivity index (χ3v) is 2.44. The number of aryl methyl sites for hydroxylation is 1. The minimum Gasteiger partial charge on any atom is -0.313 e. The molecule has 0 fully saturated rings. The molecule has 0 aliphatic heterocycles. The van der Waals surface area contributed by atoms with Crippen LogP contribution in [0.5, 0.6) is 0 Å². The predicted molar refractivity (Wildman–Crippen MR) is 63.2 cm³/mol. The molecule has 0 spiro atoms. The standard InChI is InChI=1S/C12H20N2O/c1-9(2)14-8-11(7-13(4)5)10(3)6-12(14)15/h6,8-9H,7H2,1-5H3. The van der Waals surface area contributed by atoms with Gasteiger partial charge in [-0.2, -0.15) is 0 Å². The van der Waals surface area contributed by atoms with Gasteiger partial charge in [0.15, 0.2) is 0 Å². The molecule has 3 heteroatoms. The molecule has 0 unspecified atom stereocenters. The molecule has 0 aromatic carbocycles. The van der Waals surface area contributed by atoms with Gasteiger partial charge in [-0.25, -0.2) is 0 Å². The quantitative estimate of drug-likeness (QED) is 0.756. The van der Waals surface area contributed by atoms with Gasteiger partial charge in [0.2, 0.25) is 0 Å². The second-order valence-electron chi connectivity index (χ2n) is 4.56. The fourth-order valence-electron chi connectivity index (χ4n) is 1.60. The lowest BCUT2D eigenvalue weighted by atomic mass is 10.1. The summed E-state index contributed by atoms with van der Waals surface area (Å²) in [4.78, 5) is 13.8. The Hall–Kier alpha value is -1.09. The van der Waals surface area contributed by atoms with Gasteiger partial charge in [-0.05, 0) is 46.0 Å². The van der Waals surface area contributed by atoms with E-state index in [0.717, 1.165) is 12.1 Å². The second kappa shape index (κ2) is 4.62. The van der Waals surface area contributed by atoms with Gasteiger partial charge in [-0.1, -0.05) is 0 Å². The summed E-state index contributed by atoms with van der Waals surface area (Å²) in [5.74, 6) is 0. The summed E-state index contributed by atoms with van der Waals surface area (Å²) < 4.78 is 1.78. The molecule has 0 bridgehead atoms. The first kappa shape index (κ1) is 12.0. The van der Waals surface area contributed by atoms with Crippen molar-refractivity contribution in [2.75, 3.05) is 14.1 Å². The number of hydrogen-bond donors (Lipinski definition) is 0. The van der Waals surface area contributed by atoms with Crippen molar-refractivity contribution in [2.24, 2.45) is 0 Å². The number of hydrogen-bond acceptors (Lipinski definition) is 2. The zero-order valence-corrected chi connectivity index (χ0v) is 10.2. The lowest BCUT2D eigenvalue weighted by Crippen LogP contribution is -2.23. The molecule has 0 atom stereocenters. The highest BCUT2D eigenvalue weighted by molar-refractivity contribution is 5.22. The molecule has 15 heavy (non-hydrogen) atoms. The molecule has 1 rings (SSSR count). The Bertz CT molecular complexity index is 391. The third kappa shape index (κ3) is 2.93. The summed E-state index contributed by atoms with van der Waals surface area (Å²) in [7, 11) is 4.06. The van der Waals surface area contributed by atoms with Crippen LogP contribution in [0.3, 0.4) is 0 Å². The molecule has 0 amide bonds. The molecule has 1 heterocycles. The first-order valence-corrected chi connectivity index (χ1v) is 5.28. The predicted octanol–water partition coefficient (Wildman–Crippen LogP) is 1.80. The van der Waals surface area contributed by atoms with Gasteiger partial charge >= 0.3 is 0 Å². The van der Waals surface area contributed by atoms with Crippen molar-refractivity contribution in [3.05, 3.63) is 33.7 Å². The third-order valence-electron chi connectivity index (χ3n) is 2.44. The highest BCUT2D eigenvalue weighted by atomic mass is 16.1. The van der Waals surface area contributed by atoms with Crippen LogP contribution in [0, 0.1) is 6.92 Å². The Morgan fingerprint density at radius 2 is 2.00 bits per heavy atom. The Morgan fingerprint density at radius 3 is 2.47 bits per heavy atom. The van der Waals surface area contributed by atoms with Crippen LogP contribution in [0.4, 0.5) is 0 Å². The minimum absolute atomic E-state index is 0.0880. The van der Waals surface area contributed by atoms with Crippen LogP contribution in [-0.2, 0) is 6.54 Å². The van der Waals surface area contributed by atoms with Gasteiger partial charge in [0.25, 0.3) is 5.56 Å². The minimum atomic E-state index is 0.0880. The van der Waals surface area contributed by atoms with Crippen LogP contribution < -0.4 is 5.56 Å². The molecule has 3 nitrogen and oxygen atoms in total. The van der Waals surface area contributed by atoms with Crippen LogP contribution in [0.1, 0.15) is 31.0 Å². The van der Waals surface area contributed by atoms with E-state index < -0.39 is 0 Å². The maximum absolute atomic E-state index is 11.7. The van der Waals surface area contributed by atoms with Gasteiger partial charge in [0, 0.05) is 24.8 Å². The van der Waals surface area contributed by atoms with Crippen LogP contribution in [0.15, 0.2) is 17.1 Å². The molecular weight excluding hydrogens is 188 g/mol. The summed E-state index contributed by atoms with van der Waals surface area (Å²) in [6, 6.07) is 1.94. The first-order chi connectivity index (χ1) is 6.91. The molecule has 0 radical (unpaired) electrons. The monoisotopic (exact) mass is 208 g/mol. The Morgan fingerprint density at radius 1 is 1.40 bits per heavy atom. The molecule has 84 valence electrons. The Kier molecular flexibility index (Phi) is 3.69. The van der Waals surface area contributed by atoms with Crippen molar-refractivity contribution in [1.29, 1.82) is 0 Å². The van der Waals surface area contributed by atoms with Crippen molar-refractivity contribution >= 4 is 0 Å². The van der Waals surface area contributed by atoms with Crippen molar-refractivity contribution in [1.82, 2.24) is 9.47 Å². The molecule has 0 aliphatic rings. The largest absolute Gasteiger partial charge is 0.313 e. The lowest BCUT2D eigenvalue weighted by molar-refractivity contribution is 0.398. The van der Waals surface area contributed by atoms with Crippen molar-refractivity contribution in [2.45, 2.75) is 33.4 Å². The number of nitrogens with zero attached hydrogens (tertiary/aromatic N) is 2. The van der Waals surface area contributed by atoms with Crippen LogP contribution >= 0.6 is 0 Å². The summed E-state index contributed by atoms with van der Waals surface area (Å²) in [5, 5.41) is 0. The van der Waals surface area contributed by atoms with E-state index in [1.165, 1.54) is 5.56 Å². The topological polar surface area (TPSA) is 25.2 Å². The zero-order chi connectivity index (χ0) is 11.6. The van der Waals surface area contributed by atoms with E-state index in [1.807, 2.05) is 41.1 Å². The first-order valence-electron chi connectivity index (χ1n) is 5.28. The molecule has 1 aromatic rings. The highest BCUT2D eigenvalue weighted by Gasteiger charge is 2.06. The van der Waals surface area contributed by atoms with Gasteiger partial charge in [0.05, 0.1) is 0 Å². The number of aromatic nitrogens is 1. The summed E-state index contributed by atoms with van der Waals surface area (Å²) in [5.41, 5.74) is 2.38. The fraction of sp³-hybridized carbons (Fsp3) is 0.583. The van der Waals surface area contributed by atoms with Gasteiger partial charge < -0.3 is 9.47 Å². The number of rotatable bonds is 3. The molecule has 0 saturated carbocycles. The van der Waals surface area contributed by atoms with E-state index in [9.17, 15) is 4.79 Å². The van der Waals surface area contributed by atoms with Crippen LogP contribution in [-0.4, -0.2) is 23.6 Å². The van der Waals surface area contributed by atoms with E-state index in [1.54, 1.807) is 10.6 Å². The van der Waals surface area contributed by atoms with E-state index >= 15 is 0 Å². The average molecular weight is 208 g/mol. The Balaban J connectivity index is 3.18. The lowest BCUT2D eigenvalue weighted by Gasteiger charge is -2.16. The van der Waals surface area contributed by atoms with E-state index in [2.05, 4.69) is 4.90 Å². The van der Waals surface area contributed by atoms with E-state index in [4.69, 9.17) is 0 Å². The maximum Gasteiger partial charge on any atom is 0.251 e. The summed E-state index contributed by atoms with van der Waals surface area (Å²) >= 11 is 0. The summed E-state index contributed by atoms with van der Waals surface area (Å²) in [6.07, 6.45) is 1.97. The van der Waals surface area contributed by atoms with Crippen LogP contribution in [0.2, 0.25) is 0 Å². The van der Waals surface area contributed by atoms with E-state index in [0.29, 0.717) is 0 Å². The van der Waals surface area contributed by atoms with Gasteiger partial charge in [-0.15, -0.1) is 0 Å². The summed E-state index contributed by atoms with van der Waals surface area (Å²) in [6.45, 7) is 6.91. The Labute approximate surface area is 91.3 Å². The van der Waals surface area contributed by atoms with Crippen molar-refractivity contribution < 1.29 is 0 Å². The molecule has 0 aliphatic carbocycles. The highest BCUT2D eigenvalue weighted by Crippen LogP contribution is 2.09. The second-order valence-corrected chi connectivity index (χ2v) is 4.56. The normalized spacial score (nSPS) is 11.4. The van der Waals surface area contributed by atoms with Gasteiger partial charge in [0.1, 0.15) is 0 Å². The number of pyridine rings is 1. The maximum atomic E-state index is 11.7. The van der Waals surface area contributed by atoms with Crippen LogP contribution in [0.25, 0.3) is 0 Å². The molecule has 0 N–H and O–H groups in total. The zero-order valence-electron chi connectivity index (χ0n) is 10.2. The van der Waals surface area contributed by atoms with E-state index in [-0.39, 0.29) is 11.6 Å². The molecular formula is C12H20N2O. The SMILES string of the molecule is Cc1cc(=O)n(C(C)C)cc1CN(C)C. The smallest absolute Gasteiger partial charge is 0.251 e. The molecule has 0 saturated heterocycles. The average Bonchev–Trinajstić information content (AvgIpc) is 2.08. The van der Waals surface area contributed by atoms with Crippen molar-refractivity contribution in [3.63, 3.8) is 0 Å². The fourth-order valence-corrected chi connectivity index (χ4v) is 1.60. The van der Waals surface area contributed by atoms with Gasteiger partial charge in [-0.3, -0.25) is 4.79 Å².